The number of fused-ring (bicyclic) bond motifs is 3. The molecule has 206 valence electrons. The largest absolute Gasteiger partial charge is 0.381 e. The number of rotatable bonds is 8. The second-order valence-electron chi connectivity index (χ2n) is 10.6. The van der Waals surface area contributed by atoms with E-state index in [2.05, 4.69) is 27.2 Å². The molecule has 2 atom stereocenters. The predicted octanol–water partition coefficient (Wildman–Crippen LogP) is 3.50. The Bertz CT molecular complexity index is 1510. The smallest absolute Gasteiger partial charge is 0.330 e. The molecule has 10 nitrogen and oxygen atoms in total. The van der Waals surface area contributed by atoms with E-state index in [1.54, 1.807) is 18.7 Å². The van der Waals surface area contributed by atoms with Gasteiger partial charge in [-0.1, -0.05) is 12.1 Å². The highest BCUT2D eigenvalue weighted by Gasteiger charge is 2.25. The van der Waals surface area contributed by atoms with Crippen LogP contribution in [-0.2, 0) is 21.3 Å². The highest BCUT2D eigenvalue weighted by molar-refractivity contribution is 6.02. The lowest BCUT2D eigenvalue weighted by Gasteiger charge is -2.23. The maximum Gasteiger partial charge on any atom is 0.330 e. The Morgan fingerprint density at radius 2 is 1.92 bits per heavy atom. The monoisotopic (exact) mass is 532 g/mol. The summed E-state index contributed by atoms with van der Waals surface area (Å²) in [6.45, 7) is 6.94. The van der Waals surface area contributed by atoms with Crippen molar-refractivity contribution in [1.29, 1.82) is 0 Å². The number of aryl methyl sites for hydroxylation is 1. The zero-order valence-electron chi connectivity index (χ0n) is 22.9. The van der Waals surface area contributed by atoms with Gasteiger partial charge in [-0.15, -0.1) is 10.2 Å². The molecular weight excluding hydrogens is 496 g/mol. The Kier molecular flexibility index (Phi) is 7.44. The molecule has 1 aromatic carbocycles. The molecule has 0 spiro atoms. The van der Waals surface area contributed by atoms with Crippen LogP contribution in [0, 0.1) is 0 Å². The van der Waals surface area contributed by atoms with Crippen molar-refractivity contribution in [2.45, 2.75) is 44.4 Å². The summed E-state index contributed by atoms with van der Waals surface area (Å²) >= 11 is 0. The molecule has 2 aliphatic rings. The first-order valence-corrected chi connectivity index (χ1v) is 13.8. The highest BCUT2D eigenvalue weighted by atomic mass is 16.5. The Hall–Kier alpha value is -3.18. The molecule has 2 saturated heterocycles. The predicted molar refractivity (Wildman–Crippen MR) is 149 cm³/mol. The van der Waals surface area contributed by atoms with Gasteiger partial charge in [0.2, 0.25) is 0 Å². The third-order valence-electron chi connectivity index (χ3n) is 8.20. The molecule has 0 amide bonds. The first-order chi connectivity index (χ1) is 19.0. The van der Waals surface area contributed by atoms with E-state index in [-0.39, 0.29) is 17.8 Å². The van der Waals surface area contributed by atoms with Crippen molar-refractivity contribution in [1.82, 2.24) is 29.2 Å². The van der Waals surface area contributed by atoms with E-state index in [1.165, 1.54) is 0 Å². The number of aromatic nitrogens is 5. The van der Waals surface area contributed by atoms with Crippen LogP contribution in [-0.4, -0.2) is 81.9 Å². The summed E-state index contributed by atoms with van der Waals surface area (Å²) in [6, 6.07) is 10.3. The van der Waals surface area contributed by atoms with Gasteiger partial charge in [-0.25, -0.2) is 4.79 Å². The van der Waals surface area contributed by atoms with Crippen LogP contribution in [0.5, 0.6) is 0 Å². The Morgan fingerprint density at radius 1 is 1.10 bits per heavy atom. The Morgan fingerprint density at radius 3 is 2.67 bits per heavy atom. The average molecular weight is 533 g/mol. The first kappa shape index (κ1) is 26.1. The van der Waals surface area contributed by atoms with Crippen LogP contribution >= 0.6 is 0 Å². The van der Waals surface area contributed by atoms with Gasteiger partial charge in [0.25, 0.3) is 0 Å². The van der Waals surface area contributed by atoms with Gasteiger partial charge in [0.15, 0.2) is 5.65 Å². The molecule has 0 saturated carbocycles. The van der Waals surface area contributed by atoms with Crippen molar-refractivity contribution < 1.29 is 14.2 Å². The molecule has 5 heterocycles. The summed E-state index contributed by atoms with van der Waals surface area (Å²) in [5.41, 5.74) is 5.05. The lowest BCUT2D eigenvalue weighted by molar-refractivity contribution is 0.0448. The van der Waals surface area contributed by atoms with Crippen LogP contribution in [0.25, 0.3) is 33.2 Å². The van der Waals surface area contributed by atoms with Crippen molar-refractivity contribution in [3.8, 4) is 11.1 Å². The summed E-state index contributed by atoms with van der Waals surface area (Å²) < 4.78 is 20.6. The highest BCUT2D eigenvalue weighted by Crippen LogP contribution is 2.31. The zero-order chi connectivity index (χ0) is 26.9. The van der Waals surface area contributed by atoms with Crippen molar-refractivity contribution in [2.75, 3.05) is 46.6 Å². The van der Waals surface area contributed by atoms with Crippen molar-refractivity contribution in [3.05, 3.63) is 52.7 Å². The molecule has 0 aliphatic carbocycles. The van der Waals surface area contributed by atoms with Crippen molar-refractivity contribution >= 4 is 22.1 Å². The number of ether oxygens (including phenoxy) is 3. The molecule has 4 aromatic rings. The second kappa shape index (κ2) is 11.1. The van der Waals surface area contributed by atoms with E-state index >= 15 is 0 Å². The topological polar surface area (TPSA) is 96.5 Å². The summed E-state index contributed by atoms with van der Waals surface area (Å²) in [6.07, 6.45) is 4.83. The van der Waals surface area contributed by atoms with Crippen LogP contribution in [0.2, 0.25) is 0 Å². The van der Waals surface area contributed by atoms with Crippen LogP contribution in [0.15, 0.2) is 41.3 Å². The van der Waals surface area contributed by atoms with Gasteiger partial charge in [0.1, 0.15) is 5.52 Å². The average Bonchev–Trinajstić information content (AvgIpc) is 3.55. The molecule has 6 rings (SSSR count). The maximum atomic E-state index is 13.3. The molecule has 0 bridgehead atoms. The van der Waals surface area contributed by atoms with Crippen LogP contribution in [0.1, 0.15) is 44.0 Å². The zero-order valence-corrected chi connectivity index (χ0v) is 22.9. The van der Waals surface area contributed by atoms with Crippen LogP contribution < -0.4 is 5.69 Å². The minimum Gasteiger partial charge on any atom is -0.381 e. The molecule has 39 heavy (non-hydrogen) atoms. The molecule has 2 aliphatic heterocycles. The molecule has 0 radical (unpaired) electrons. The van der Waals surface area contributed by atoms with Crippen molar-refractivity contribution in [2.24, 2.45) is 7.05 Å². The SMILES string of the molecule is CO[C@H]1CCN(CCO[C@H](C)c2ccc(-c3ccc4nnc5c(c4c3)n(C3CCOCC3)c(=O)n5C)cn2)C1. The number of imidazole rings is 1. The molecule has 3 aromatic heterocycles. The van der Waals surface area contributed by atoms with Gasteiger partial charge >= 0.3 is 5.69 Å². The number of nitrogens with zero attached hydrogens (tertiary/aromatic N) is 6. The van der Waals surface area contributed by atoms with E-state index in [0.29, 0.717) is 31.6 Å². The number of pyridine rings is 1. The van der Waals surface area contributed by atoms with Gasteiger partial charge < -0.3 is 14.2 Å². The molecule has 0 N–H and O–H groups in total. The maximum absolute atomic E-state index is 13.3. The Balaban J connectivity index is 1.23. The lowest BCUT2D eigenvalue weighted by Crippen LogP contribution is -2.29. The summed E-state index contributed by atoms with van der Waals surface area (Å²) in [4.78, 5) is 20.4. The Labute approximate surface area is 227 Å². The van der Waals surface area contributed by atoms with E-state index in [4.69, 9.17) is 19.2 Å². The standard InChI is InChI=1S/C29H36N6O4/c1-19(39-15-12-34-11-8-23(18-34)37-3)25-6-5-21(17-30-25)20-4-7-26-24(16-20)27-28(32-31-26)33(2)29(36)35(27)22-9-13-38-14-10-22/h4-7,16-17,19,22-23H,8-15,18H2,1-3H3/t19-,23+/m1/s1. The number of hydrogen-bond donors (Lipinski definition) is 0. The minimum atomic E-state index is -0.0930. The van der Waals surface area contributed by atoms with Crippen molar-refractivity contribution in [3.63, 3.8) is 0 Å². The van der Waals surface area contributed by atoms with E-state index in [9.17, 15) is 4.79 Å². The first-order valence-electron chi connectivity index (χ1n) is 13.8. The summed E-state index contributed by atoms with van der Waals surface area (Å²) in [5, 5.41) is 9.74. The van der Waals surface area contributed by atoms with Gasteiger partial charge in [-0.3, -0.25) is 19.0 Å². The summed E-state index contributed by atoms with van der Waals surface area (Å²) in [7, 11) is 3.54. The quantitative estimate of drug-likeness (QED) is 0.340. The van der Waals surface area contributed by atoms with Gasteiger partial charge in [0.05, 0.1) is 30.0 Å². The fraction of sp³-hybridized carbons (Fsp3) is 0.517. The molecule has 2 fully saturated rings. The molecular formula is C29H36N6O4. The van der Waals surface area contributed by atoms with E-state index < -0.39 is 0 Å². The second-order valence-corrected chi connectivity index (χ2v) is 10.6. The van der Waals surface area contributed by atoms with Gasteiger partial charge in [-0.2, -0.15) is 0 Å². The van der Waals surface area contributed by atoms with Gasteiger partial charge in [0, 0.05) is 70.2 Å². The molecule has 0 unspecified atom stereocenters. The lowest BCUT2D eigenvalue weighted by atomic mass is 10.0. The summed E-state index contributed by atoms with van der Waals surface area (Å²) in [5.74, 6) is 0. The van der Waals surface area contributed by atoms with E-state index in [0.717, 1.165) is 72.1 Å². The normalized spacial score (nSPS) is 19.8. The van der Waals surface area contributed by atoms with Gasteiger partial charge in [-0.05, 0) is 49.9 Å². The minimum absolute atomic E-state index is 0.0626. The fourth-order valence-electron chi connectivity index (χ4n) is 5.81. The van der Waals surface area contributed by atoms with Crippen LogP contribution in [0.3, 0.4) is 0 Å². The van der Waals surface area contributed by atoms with E-state index in [1.807, 2.05) is 35.9 Å². The number of hydrogen-bond acceptors (Lipinski definition) is 8. The number of methoxy groups -OCH3 is 1. The van der Waals surface area contributed by atoms with Crippen LogP contribution in [0.4, 0.5) is 0 Å². The fourth-order valence-corrected chi connectivity index (χ4v) is 5.81. The number of benzene rings is 1. The molecule has 10 heteroatoms. The number of likely N-dealkylation sites (tertiary alicyclic amines) is 1. The third kappa shape index (κ3) is 5.09. The third-order valence-corrected chi connectivity index (χ3v) is 8.20.